The van der Waals surface area contributed by atoms with Gasteiger partial charge in [-0.25, -0.2) is 4.98 Å². The largest absolute Gasteiger partial charge is 0.416 e. The van der Waals surface area contributed by atoms with Crippen molar-refractivity contribution >= 4 is 17.2 Å². The van der Waals surface area contributed by atoms with E-state index < -0.39 is 17.3 Å². The molecule has 1 aromatic heterocycles. The summed E-state index contributed by atoms with van der Waals surface area (Å²) in [5.74, 6) is -0.165. The predicted octanol–water partition coefficient (Wildman–Crippen LogP) is 4.11. The number of thiazole rings is 1. The van der Waals surface area contributed by atoms with Crippen LogP contribution >= 0.6 is 11.3 Å². The number of hydrogen-bond acceptors (Lipinski definition) is 4. The van der Waals surface area contributed by atoms with E-state index in [4.69, 9.17) is 5.73 Å². The van der Waals surface area contributed by atoms with Crippen molar-refractivity contribution in [3.8, 4) is 10.6 Å². The van der Waals surface area contributed by atoms with Gasteiger partial charge in [-0.05, 0) is 25.0 Å². The van der Waals surface area contributed by atoms with E-state index >= 15 is 0 Å². The van der Waals surface area contributed by atoms with Gasteiger partial charge in [0, 0.05) is 10.9 Å². The van der Waals surface area contributed by atoms with Gasteiger partial charge in [-0.15, -0.1) is 11.3 Å². The van der Waals surface area contributed by atoms with Gasteiger partial charge in [0.05, 0.1) is 23.3 Å². The van der Waals surface area contributed by atoms with Gasteiger partial charge in [0.1, 0.15) is 5.01 Å². The van der Waals surface area contributed by atoms with Crippen molar-refractivity contribution in [2.24, 2.45) is 5.73 Å². The lowest BCUT2D eigenvalue weighted by Gasteiger charge is -2.31. The van der Waals surface area contributed by atoms with Crippen LogP contribution in [0.25, 0.3) is 10.6 Å². The van der Waals surface area contributed by atoms with E-state index in [0.29, 0.717) is 29.1 Å². The highest BCUT2D eigenvalue weighted by Crippen LogP contribution is 2.32. The molecule has 140 valence electrons. The number of nitrogens with one attached hydrogen (secondary N) is 1. The molecule has 26 heavy (non-hydrogen) atoms. The molecule has 1 saturated carbocycles. The Morgan fingerprint density at radius 3 is 2.46 bits per heavy atom. The first-order valence-corrected chi connectivity index (χ1v) is 9.35. The number of nitrogens with zero attached hydrogens (tertiary/aromatic N) is 1. The summed E-state index contributed by atoms with van der Waals surface area (Å²) in [4.78, 5) is 16.7. The molecule has 0 unspecified atom stereocenters. The van der Waals surface area contributed by atoms with Crippen molar-refractivity contribution < 1.29 is 18.0 Å². The van der Waals surface area contributed by atoms with Crippen LogP contribution in [0, 0.1) is 0 Å². The number of carbonyl (C=O) groups excluding carboxylic acids is 1. The number of carbonyl (C=O) groups is 1. The van der Waals surface area contributed by atoms with Crippen LogP contribution in [0.2, 0.25) is 0 Å². The van der Waals surface area contributed by atoms with Gasteiger partial charge in [-0.2, -0.15) is 13.2 Å². The predicted molar refractivity (Wildman–Crippen MR) is 94.4 cm³/mol. The maximum absolute atomic E-state index is 12.6. The summed E-state index contributed by atoms with van der Waals surface area (Å²) in [6.45, 7) is 0.259. The summed E-state index contributed by atoms with van der Waals surface area (Å²) in [6, 6.07) is 4.89. The minimum absolute atomic E-state index is 0.165. The average Bonchev–Trinajstić information content (AvgIpc) is 3.08. The van der Waals surface area contributed by atoms with E-state index in [1.807, 2.05) is 0 Å². The van der Waals surface area contributed by atoms with E-state index in [1.54, 1.807) is 5.38 Å². The molecule has 1 heterocycles. The van der Waals surface area contributed by atoms with Crippen LogP contribution in [-0.4, -0.2) is 16.4 Å². The maximum atomic E-state index is 12.6. The fourth-order valence-electron chi connectivity index (χ4n) is 3.08. The van der Waals surface area contributed by atoms with Crippen LogP contribution in [-0.2, 0) is 17.5 Å². The number of amides is 1. The van der Waals surface area contributed by atoms with Gasteiger partial charge < -0.3 is 11.1 Å². The first-order valence-electron chi connectivity index (χ1n) is 8.47. The molecular weight excluding hydrogens is 363 g/mol. The minimum Gasteiger partial charge on any atom is -0.349 e. The number of alkyl halides is 3. The van der Waals surface area contributed by atoms with Crippen LogP contribution < -0.4 is 11.1 Å². The average molecular weight is 383 g/mol. The second-order valence-electron chi connectivity index (χ2n) is 6.62. The van der Waals surface area contributed by atoms with E-state index in [0.717, 1.165) is 31.4 Å². The van der Waals surface area contributed by atoms with E-state index in [2.05, 4.69) is 10.3 Å². The molecule has 0 radical (unpaired) electrons. The van der Waals surface area contributed by atoms with Crippen molar-refractivity contribution in [1.29, 1.82) is 0 Å². The lowest BCUT2D eigenvalue weighted by molar-refractivity contribution is -0.137. The number of benzene rings is 1. The smallest absolute Gasteiger partial charge is 0.349 e. The monoisotopic (exact) mass is 383 g/mol. The molecule has 0 bridgehead atoms. The quantitative estimate of drug-likeness (QED) is 0.835. The third-order valence-corrected chi connectivity index (χ3v) is 5.58. The van der Waals surface area contributed by atoms with Gasteiger partial charge in [-0.1, -0.05) is 31.4 Å². The van der Waals surface area contributed by atoms with E-state index in [1.165, 1.54) is 23.5 Å². The van der Waals surface area contributed by atoms with Crippen molar-refractivity contribution in [3.05, 3.63) is 40.9 Å². The van der Waals surface area contributed by atoms with Crippen molar-refractivity contribution in [3.63, 3.8) is 0 Å². The SMILES string of the molecule is NC1(C(=O)NCc2csc(-c3ccc(C(F)(F)F)cc3)n2)CCCCC1. The minimum atomic E-state index is -4.35. The molecule has 1 aliphatic carbocycles. The lowest BCUT2D eigenvalue weighted by Crippen LogP contribution is -2.54. The highest BCUT2D eigenvalue weighted by Gasteiger charge is 2.35. The molecule has 4 nitrogen and oxygen atoms in total. The molecule has 1 aromatic carbocycles. The Morgan fingerprint density at radius 2 is 1.85 bits per heavy atom. The van der Waals surface area contributed by atoms with Gasteiger partial charge in [0.2, 0.25) is 5.91 Å². The summed E-state index contributed by atoms with van der Waals surface area (Å²) in [5.41, 5.74) is 5.98. The Hall–Kier alpha value is -1.93. The summed E-state index contributed by atoms with van der Waals surface area (Å²) in [7, 11) is 0. The third-order valence-electron chi connectivity index (χ3n) is 4.64. The third kappa shape index (κ3) is 4.24. The summed E-state index contributed by atoms with van der Waals surface area (Å²) >= 11 is 1.33. The van der Waals surface area contributed by atoms with Crippen LogP contribution in [0.5, 0.6) is 0 Å². The van der Waals surface area contributed by atoms with E-state index in [9.17, 15) is 18.0 Å². The van der Waals surface area contributed by atoms with Crippen LogP contribution in [0.1, 0.15) is 43.4 Å². The van der Waals surface area contributed by atoms with Crippen LogP contribution in [0.3, 0.4) is 0 Å². The zero-order valence-corrected chi connectivity index (χ0v) is 14.9. The molecule has 2 aromatic rings. The summed E-state index contributed by atoms with van der Waals surface area (Å²) in [5, 5.41) is 5.24. The van der Waals surface area contributed by atoms with Crippen molar-refractivity contribution in [2.45, 2.75) is 50.4 Å². The van der Waals surface area contributed by atoms with Gasteiger partial charge in [0.15, 0.2) is 0 Å². The fraction of sp³-hybridized carbons (Fsp3) is 0.444. The summed E-state index contributed by atoms with van der Waals surface area (Å²) in [6.07, 6.45) is 0.0414. The molecule has 0 aliphatic heterocycles. The Bertz CT molecular complexity index is 765. The van der Waals surface area contributed by atoms with Crippen LogP contribution in [0.4, 0.5) is 13.2 Å². The Balaban J connectivity index is 1.62. The van der Waals surface area contributed by atoms with Crippen molar-refractivity contribution in [2.75, 3.05) is 0 Å². The number of rotatable bonds is 4. The zero-order chi connectivity index (χ0) is 18.8. The van der Waals surface area contributed by atoms with E-state index in [-0.39, 0.29) is 12.5 Å². The molecule has 1 fully saturated rings. The zero-order valence-electron chi connectivity index (χ0n) is 14.1. The summed E-state index contributed by atoms with van der Waals surface area (Å²) < 4.78 is 37.9. The standard InChI is InChI=1S/C18H20F3N3OS/c19-18(20,21)13-6-4-12(5-7-13)15-24-14(11-26-15)10-23-16(25)17(22)8-2-1-3-9-17/h4-7,11H,1-3,8-10,22H2,(H,23,25). The van der Waals surface area contributed by atoms with Gasteiger partial charge in [0.25, 0.3) is 0 Å². The molecule has 0 saturated heterocycles. The molecule has 1 amide bonds. The lowest BCUT2D eigenvalue weighted by atomic mass is 9.82. The number of nitrogens with two attached hydrogens (primary N) is 1. The maximum Gasteiger partial charge on any atom is 0.416 e. The molecule has 0 atom stereocenters. The first kappa shape index (κ1) is 18.8. The number of halogens is 3. The van der Waals surface area contributed by atoms with Crippen molar-refractivity contribution in [1.82, 2.24) is 10.3 Å². The van der Waals surface area contributed by atoms with Crippen LogP contribution in [0.15, 0.2) is 29.6 Å². The number of hydrogen-bond donors (Lipinski definition) is 2. The molecule has 3 N–H and O–H groups in total. The molecular formula is C18H20F3N3OS. The Morgan fingerprint density at radius 1 is 1.19 bits per heavy atom. The fourth-order valence-corrected chi connectivity index (χ4v) is 3.90. The normalized spacial score (nSPS) is 17.1. The highest BCUT2D eigenvalue weighted by molar-refractivity contribution is 7.13. The molecule has 0 spiro atoms. The molecule has 8 heteroatoms. The first-order chi connectivity index (χ1) is 12.3. The van der Waals surface area contributed by atoms with Gasteiger partial charge in [-0.3, -0.25) is 4.79 Å². The second kappa shape index (κ2) is 7.36. The van der Waals surface area contributed by atoms with Gasteiger partial charge >= 0.3 is 6.18 Å². The highest BCUT2D eigenvalue weighted by atomic mass is 32.1. The molecule has 1 aliphatic rings. The second-order valence-corrected chi connectivity index (χ2v) is 7.48. The topological polar surface area (TPSA) is 68.0 Å². The Labute approximate surface area is 153 Å². The molecule has 3 rings (SSSR count). The Kier molecular flexibility index (Phi) is 5.34. The number of aromatic nitrogens is 1.